The first kappa shape index (κ1) is 14.6. The van der Waals surface area contributed by atoms with Crippen LogP contribution in [-0.4, -0.2) is 19.7 Å². The van der Waals surface area contributed by atoms with Crippen LogP contribution in [0.2, 0.25) is 0 Å². The summed E-state index contributed by atoms with van der Waals surface area (Å²) in [6.07, 6.45) is 2.24. The molecule has 0 aliphatic heterocycles. The Morgan fingerprint density at radius 1 is 1.53 bits per heavy atom. The van der Waals surface area contributed by atoms with E-state index in [9.17, 15) is 4.79 Å². The summed E-state index contributed by atoms with van der Waals surface area (Å²) in [7, 11) is 1.23. The lowest BCUT2D eigenvalue weighted by atomic mass is 10.3. The minimum Gasteiger partial charge on any atom is -0.494 e. The lowest BCUT2D eigenvalue weighted by Crippen LogP contribution is -2.05. The maximum Gasteiger partial charge on any atom is 0.350 e. The number of methoxy groups -OCH3 is 1. The van der Waals surface area contributed by atoms with Crippen molar-refractivity contribution in [2.24, 2.45) is 0 Å². The molecular formula is C14H16N2O3. The maximum atomic E-state index is 11.2. The summed E-state index contributed by atoms with van der Waals surface area (Å²) in [6, 6.07) is 9.03. The van der Waals surface area contributed by atoms with E-state index in [1.165, 1.54) is 13.3 Å². The van der Waals surface area contributed by atoms with Gasteiger partial charge in [-0.3, -0.25) is 0 Å². The third-order valence-electron chi connectivity index (χ3n) is 2.22. The first-order valence-corrected chi connectivity index (χ1v) is 5.89. The van der Waals surface area contributed by atoms with Gasteiger partial charge in [0.05, 0.1) is 13.7 Å². The highest BCUT2D eigenvalue weighted by molar-refractivity contribution is 5.93. The van der Waals surface area contributed by atoms with Crippen molar-refractivity contribution in [3.8, 4) is 11.8 Å². The molecule has 1 aromatic rings. The highest BCUT2D eigenvalue weighted by atomic mass is 16.5. The predicted octanol–water partition coefficient (Wildman–Crippen LogP) is 2.47. The van der Waals surface area contributed by atoms with Crippen molar-refractivity contribution in [3.05, 3.63) is 36.0 Å². The minimum absolute atomic E-state index is 0.0950. The highest BCUT2D eigenvalue weighted by Gasteiger charge is 2.07. The van der Waals surface area contributed by atoms with Gasteiger partial charge in [-0.25, -0.2) is 4.79 Å². The van der Waals surface area contributed by atoms with Crippen molar-refractivity contribution in [2.75, 3.05) is 19.0 Å². The Morgan fingerprint density at radius 3 is 2.95 bits per heavy atom. The Bertz CT molecular complexity index is 504. The molecule has 0 amide bonds. The topological polar surface area (TPSA) is 71.3 Å². The summed E-state index contributed by atoms with van der Waals surface area (Å²) in [6.45, 7) is 2.67. The van der Waals surface area contributed by atoms with Gasteiger partial charge in [0.25, 0.3) is 0 Å². The number of nitrogens with one attached hydrogen (secondary N) is 1. The molecule has 0 atom stereocenters. The van der Waals surface area contributed by atoms with Crippen molar-refractivity contribution in [3.63, 3.8) is 0 Å². The average Bonchev–Trinajstić information content (AvgIpc) is 2.45. The fourth-order valence-corrected chi connectivity index (χ4v) is 1.30. The van der Waals surface area contributed by atoms with Crippen molar-refractivity contribution < 1.29 is 14.3 Å². The molecule has 1 rings (SSSR count). The minimum atomic E-state index is -0.673. The van der Waals surface area contributed by atoms with Crippen LogP contribution in [-0.2, 0) is 9.53 Å². The Morgan fingerprint density at radius 2 is 2.32 bits per heavy atom. The molecule has 0 aromatic heterocycles. The van der Waals surface area contributed by atoms with E-state index < -0.39 is 5.97 Å². The number of anilines is 1. The van der Waals surface area contributed by atoms with Crippen molar-refractivity contribution in [1.29, 1.82) is 5.26 Å². The second-order valence-corrected chi connectivity index (χ2v) is 3.68. The maximum absolute atomic E-state index is 11.2. The number of nitrogens with zero attached hydrogens (tertiary/aromatic N) is 1. The van der Waals surface area contributed by atoms with Gasteiger partial charge in [0, 0.05) is 18.0 Å². The standard InChI is InChI=1S/C14H16N2O3/c1-3-7-19-13-6-4-5-12(8-13)16-10-11(9-15)14(17)18-2/h4-6,8,10,16H,3,7H2,1-2H3/b11-10-. The number of carbonyl (C=O) groups excluding carboxylic acids is 1. The van der Waals surface area contributed by atoms with Gasteiger partial charge in [-0.15, -0.1) is 0 Å². The number of nitriles is 1. The number of hydrogen-bond donors (Lipinski definition) is 1. The first-order valence-electron chi connectivity index (χ1n) is 5.89. The molecule has 0 unspecified atom stereocenters. The Balaban J connectivity index is 2.74. The largest absolute Gasteiger partial charge is 0.494 e. The van der Waals surface area contributed by atoms with Crippen LogP contribution in [0.25, 0.3) is 0 Å². The number of hydrogen-bond acceptors (Lipinski definition) is 5. The first-order chi connectivity index (χ1) is 9.21. The van der Waals surface area contributed by atoms with Crippen LogP contribution in [0.1, 0.15) is 13.3 Å². The predicted molar refractivity (Wildman–Crippen MR) is 71.6 cm³/mol. The van der Waals surface area contributed by atoms with Gasteiger partial charge in [-0.05, 0) is 18.6 Å². The van der Waals surface area contributed by atoms with Crippen LogP contribution in [0.15, 0.2) is 36.0 Å². The number of esters is 1. The fraction of sp³-hybridized carbons (Fsp3) is 0.286. The molecule has 0 saturated carbocycles. The van der Waals surface area contributed by atoms with Gasteiger partial charge in [-0.1, -0.05) is 13.0 Å². The highest BCUT2D eigenvalue weighted by Crippen LogP contribution is 2.17. The van der Waals surface area contributed by atoms with E-state index in [2.05, 4.69) is 10.1 Å². The molecule has 0 bridgehead atoms. The summed E-state index contributed by atoms with van der Waals surface area (Å²) < 4.78 is 9.95. The van der Waals surface area contributed by atoms with Gasteiger partial charge in [0.1, 0.15) is 11.8 Å². The molecule has 0 aliphatic rings. The van der Waals surface area contributed by atoms with E-state index in [1.807, 2.05) is 25.1 Å². The molecule has 5 heteroatoms. The fourth-order valence-electron chi connectivity index (χ4n) is 1.30. The average molecular weight is 260 g/mol. The second-order valence-electron chi connectivity index (χ2n) is 3.68. The summed E-state index contributed by atoms with van der Waals surface area (Å²) >= 11 is 0. The van der Waals surface area contributed by atoms with Gasteiger partial charge < -0.3 is 14.8 Å². The number of ether oxygens (including phenoxy) is 2. The zero-order valence-electron chi connectivity index (χ0n) is 11.0. The molecule has 0 aliphatic carbocycles. The van der Waals surface area contributed by atoms with Crippen molar-refractivity contribution in [2.45, 2.75) is 13.3 Å². The molecular weight excluding hydrogens is 244 g/mol. The summed E-state index contributed by atoms with van der Waals surface area (Å²) in [4.78, 5) is 11.2. The molecule has 19 heavy (non-hydrogen) atoms. The molecule has 5 nitrogen and oxygen atoms in total. The Hall–Kier alpha value is -2.48. The van der Waals surface area contributed by atoms with Crippen LogP contribution >= 0.6 is 0 Å². The summed E-state index contributed by atoms with van der Waals surface area (Å²) in [5, 5.41) is 11.7. The van der Waals surface area contributed by atoms with Crippen molar-refractivity contribution >= 4 is 11.7 Å². The molecule has 0 saturated heterocycles. The van der Waals surface area contributed by atoms with E-state index in [-0.39, 0.29) is 5.57 Å². The lowest BCUT2D eigenvalue weighted by Gasteiger charge is -2.07. The van der Waals surface area contributed by atoms with E-state index in [0.29, 0.717) is 6.61 Å². The summed E-state index contributed by atoms with van der Waals surface area (Å²) in [5.41, 5.74) is 0.632. The van der Waals surface area contributed by atoms with E-state index in [1.54, 1.807) is 12.1 Å². The van der Waals surface area contributed by atoms with Gasteiger partial charge in [0.2, 0.25) is 0 Å². The normalized spacial score (nSPS) is 10.5. The van der Waals surface area contributed by atoms with Gasteiger partial charge in [0.15, 0.2) is 5.57 Å². The monoisotopic (exact) mass is 260 g/mol. The van der Waals surface area contributed by atoms with Crippen LogP contribution < -0.4 is 10.1 Å². The molecule has 0 fully saturated rings. The molecule has 100 valence electrons. The zero-order chi connectivity index (χ0) is 14.1. The second kappa shape index (κ2) is 7.77. The number of carbonyl (C=O) groups is 1. The lowest BCUT2D eigenvalue weighted by molar-refractivity contribution is -0.135. The molecule has 0 spiro atoms. The van der Waals surface area contributed by atoms with E-state index >= 15 is 0 Å². The molecule has 1 N–H and O–H groups in total. The molecule has 0 heterocycles. The number of benzene rings is 1. The third-order valence-corrected chi connectivity index (χ3v) is 2.22. The SMILES string of the molecule is CCCOc1cccc(N/C=C(/C#N)C(=O)OC)c1. The van der Waals surface area contributed by atoms with Crippen LogP contribution in [0, 0.1) is 11.3 Å². The summed E-state index contributed by atoms with van der Waals surface area (Å²) in [5.74, 6) is 0.0604. The third kappa shape index (κ3) is 4.72. The molecule has 1 aromatic carbocycles. The van der Waals surface area contributed by atoms with Gasteiger partial charge in [-0.2, -0.15) is 5.26 Å². The van der Waals surface area contributed by atoms with Crippen LogP contribution in [0.5, 0.6) is 5.75 Å². The van der Waals surface area contributed by atoms with E-state index in [4.69, 9.17) is 10.00 Å². The van der Waals surface area contributed by atoms with Crippen LogP contribution in [0.4, 0.5) is 5.69 Å². The quantitative estimate of drug-likeness (QED) is 0.483. The van der Waals surface area contributed by atoms with Crippen LogP contribution in [0.3, 0.4) is 0 Å². The molecule has 0 radical (unpaired) electrons. The Kier molecular flexibility index (Phi) is 5.96. The smallest absolute Gasteiger partial charge is 0.350 e. The van der Waals surface area contributed by atoms with Crippen molar-refractivity contribution in [1.82, 2.24) is 0 Å². The number of rotatable bonds is 6. The zero-order valence-corrected chi connectivity index (χ0v) is 11.0. The van der Waals surface area contributed by atoms with Gasteiger partial charge >= 0.3 is 5.97 Å². The Labute approximate surface area is 112 Å². The van der Waals surface area contributed by atoms with E-state index in [0.717, 1.165) is 17.9 Å².